The summed E-state index contributed by atoms with van der Waals surface area (Å²) in [7, 11) is -2.99. The number of hydrogen-bond donors (Lipinski definition) is 2. The Labute approximate surface area is 102 Å². The molecule has 0 saturated heterocycles. The van der Waals surface area contributed by atoms with E-state index in [0.717, 1.165) is 6.08 Å². The van der Waals surface area contributed by atoms with Crippen LogP contribution in [-0.2, 0) is 4.65 Å². The van der Waals surface area contributed by atoms with Gasteiger partial charge < -0.3 is 14.6 Å². The Kier molecular flexibility index (Phi) is 3.61. The lowest BCUT2D eigenvalue weighted by molar-refractivity contribution is 0.104. The van der Waals surface area contributed by atoms with Crippen molar-refractivity contribution in [3.8, 4) is 0 Å². The normalized spacial score (nSPS) is 11.3. The summed E-state index contributed by atoms with van der Waals surface area (Å²) in [6.45, 7) is 0. The van der Waals surface area contributed by atoms with Gasteiger partial charge in [0.15, 0.2) is 0 Å². The van der Waals surface area contributed by atoms with Gasteiger partial charge in [-0.1, -0.05) is 0 Å². The fourth-order valence-electron chi connectivity index (χ4n) is 1.44. The Morgan fingerprint density at radius 1 is 1.17 bits per heavy atom. The van der Waals surface area contributed by atoms with E-state index in [1.165, 1.54) is 6.07 Å². The molecule has 0 saturated carbocycles. The minimum absolute atomic E-state index is 0.199. The molecule has 0 aliphatic rings. The number of nitrogens with one attached hydrogen (secondary N) is 2. The minimum Gasteiger partial charge on any atom is -0.503 e. The summed E-state index contributed by atoms with van der Waals surface area (Å²) in [4.78, 5) is 17.1. The van der Waals surface area contributed by atoms with Crippen LogP contribution in [0.15, 0.2) is 42.7 Å². The Morgan fingerprint density at radius 2 is 1.78 bits per heavy atom. The molecule has 2 aromatic rings. The molecule has 0 radical (unpaired) electrons. The Morgan fingerprint density at radius 3 is 2.28 bits per heavy atom. The summed E-state index contributed by atoms with van der Waals surface area (Å²) in [6, 6.07) is 6.35. The van der Waals surface area contributed by atoms with Crippen LogP contribution >= 0.6 is 0 Å². The predicted octanol–water partition coefficient (Wildman–Crippen LogP) is 2.51. The second-order valence-electron chi connectivity index (χ2n) is 3.42. The fourth-order valence-corrected chi connectivity index (χ4v) is 1.44. The van der Waals surface area contributed by atoms with Gasteiger partial charge in [-0.15, -0.1) is 0 Å². The average molecular weight is 250 g/mol. The number of carbonyl (C=O) groups is 1. The molecule has 0 amide bonds. The zero-order valence-corrected chi connectivity index (χ0v) is 9.19. The van der Waals surface area contributed by atoms with Crippen molar-refractivity contribution in [1.82, 2.24) is 9.97 Å². The van der Waals surface area contributed by atoms with Crippen molar-refractivity contribution in [1.29, 1.82) is 0 Å². The predicted molar refractivity (Wildman–Crippen MR) is 62.9 cm³/mol. The number of H-pyrrole nitrogens is 2. The van der Waals surface area contributed by atoms with Gasteiger partial charge >= 0.3 is 7.47 Å². The van der Waals surface area contributed by atoms with Gasteiger partial charge in [-0.2, -0.15) is 0 Å². The van der Waals surface area contributed by atoms with E-state index in [9.17, 15) is 13.4 Å². The first-order valence-corrected chi connectivity index (χ1v) is 5.15. The first-order valence-electron chi connectivity index (χ1n) is 5.15. The summed E-state index contributed by atoms with van der Waals surface area (Å²) in [5.41, 5.74) is 0.618. The van der Waals surface area contributed by atoms with E-state index in [1.54, 1.807) is 30.6 Å². The van der Waals surface area contributed by atoms with Gasteiger partial charge in [-0.05, 0) is 24.3 Å². The first kappa shape index (κ1) is 12.2. The number of hydrogen-bond acceptors (Lipinski definition) is 2. The van der Waals surface area contributed by atoms with Crippen LogP contribution < -0.4 is 0 Å². The maximum Gasteiger partial charge on any atom is 0.796 e. The molecular weight excluding hydrogens is 241 g/mol. The van der Waals surface area contributed by atoms with Crippen LogP contribution in [-0.4, -0.2) is 23.2 Å². The number of allylic oxidation sites excluding steroid dienone is 1. The Balaban J connectivity index is 2.26. The molecule has 0 spiro atoms. The molecule has 0 aliphatic carbocycles. The minimum atomic E-state index is -2.99. The second-order valence-corrected chi connectivity index (χ2v) is 3.42. The van der Waals surface area contributed by atoms with Crippen LogP contribution in [0.3, 0.4) is 0 Å². The highest BCUT2D eigenvalue weighted by molar-refractivity contribution is 6.36. The van der Waals surface area contributed by atoms with Crippen molar-refractivity contribution in [3.63, 3.8) is 0 Å². The van der Waals surface area contributed by atoms with Crippen LogP contribution in [0.2, 0.25) is 0 Å². The monoisotopic (exact) mass is 250 g/mol. The first-order chi connectivity index (χ1) is 8.66. The lowest BCUT2D eigenvalue weighted by Gasteiger charge is -2.05. The highest BCUT2D eigenvalue weighted by Gasteiger charge is 2.21. The third-order valence-corrected chi connectivity index (χ3v) is 2.21. The molecule has 0 aromatic carbocycles. The fraction of sp³-hybridized carbons (Fsp3) is 0. The quantitative estimate of drug-likeness (QED) is 0.370. The summed E-state index contributed by atoms with van der Waals surface area (Å²) in [5, 5.41) is 0. The van der Waals surface area contributed by atoms with E-state index in [-0.39, 0.29) is 5.76 Å². The van der Waals surface area contributed by atoms with Crippen LogP contribution in [0.4, 0.5) is 8.63 Å². The topological polar surface area (TPSA) is 57.9 Å². The number of rotatable bonds is 5. The highest BCUT2D eigenvalue weighted by atomic mass is 19.2. The van der Waals surface area contributed by atoms with Crippen LogP contribution in [0.1, 0.15) is 16.2 Å². The molecule has 0 bridgehead atoms. The summed E-state index contributed by atoms with van der Waals surface area (Å²) < 4.78 is 28.9. The molecule has 4 nitrogen and oxygen atoms in total. The molecule has 2 rings (SSSR count). The average Bonchev–Trinajstić information content (AvgIpc) is 3.01. The van der Waals surface area contributed by atoms with Gasteiger partial charge in [0.05, 0.1) is 11.4 Å². The van der Waals surface area contributed by atoms with Gasteiger partial charge in [0.1, 0.15) is 5.76 Å². The lowest BCUT2D eigenvalue weighted by atomic mass is 10.2. The zero-order valence-electron chi connectivity index (χ0n) is 9.19. The van der Waals surface area contributed by atoms with Crippen molar-refractivity contribution in [3.05, 3.63) is 54.1 Å². The Hall–Kier alpha value is -2.31. The molecule has 7 heteroatoms. The van der Waals surface area contributed by atoms with Crippen molar-refractivity contribution in [2.75, 3.05) is 0 Å². The molecule has 18 heavy (non-hydrogen) atoms. The smallest absolute Gasteiger partial charge is 0.503 e. The lowest BCUT2D eigenvalue weighted by Crippen LogP contribution is -2.07. The molecule has 92 valence electrons. The van der Waals surface area contributed by atoms with Gasteiger partial charge in [-0.3, -0.25) is 4.79 Å². The molecule has 0 fully saturated rings. The molecular formula is C11H9BF2N2O2. The maximum absolute atomic E-state index is 12.3. The van der Waals surface area contributed by atoms with Crippen molar-refractivity contribution >= 4 is 19.0 Å². The van der Waals surface area contributed by atoms with E-state index in [4.69, 9.17) is 0 Å². The molecule has 2 N–H and O–H groups in total. The standard InChI is InChI=1S/C11H9BF2N2O2/c13-12(14)18-11(9-4-2-6-16-9)7-10(17)8-3-1-5-15-8/h1-7,15-16H/b11-7+. The van der Waals surface area contributed by atoms with Gasteiger partial charge in [0.2, 0.25) is 5.78 Å². The zero-order chi connectivity index (χ0) is 13.0. The SMILES string of the molecule is O=C(/C=C(/OB(F)F)c1ccc[nH]1)c1ccc[nH]1. The maximum atomic E-state index is 12.3. The molecule has 0 aliphatic heterocycles. The second kappa shape index (κ2) is 5.35. The van der Waals surface area contributed by atoms with Crippen LogP contribution in [0.25, 0.3) is 5.76 Å². The summed E-state index contributed by atoms with van der Waals surface area (Å²) >= 11 is 0. The molecule has 2 heterocycles. The van der Waals surface area contributed by atoms with Crippen molar-refractivity contribution in [2.24, 2.45) is 0 Å². The molecule has 0 unspecified atom stereocenters. The van der Waals surface area contributed by atoms with Crippen molar-refractivity contribution in [2.45, 2.75) is 0 Å². The third kappa shape index (κ3) is 2.88. The molecule has 0 atom stereocenters. The van der Waals surface area contributed by atoms with Gasteiger partial charge in [-0.25, -0.2) is 8.63 Å². The van der Waals surface area contributed by atoms with E-state index in [0.29, 0.717) is 11.4 Å². The summed E-state index contributed by atoms with van der Waals surface area (Å²) in [5.74, 6) is -0.639. The van der Waals surface area contributed by atoms with E-state index >= 15 is 0 Å². The van der Waals surface area contributed by atoms with E-state index in [1.807, 2.05) is 0 Å². The number of ketones is 1. The van der Waals surface area contributed by atoms with E-state index in [2.05, 4.69) is 14.6 Å². The van der Waals surface area contributed by atoms with Gasteiger partial charge in [0, 0.05) is 18.5 Å². The number of aromatic nitrogens is 2. The molecule has 2 aromatic heterocycles. The van der Waals surface area contributed by atoms with E-state index < -0.39 is 13.3 Å². The number of carbonyl (C=O) groups excluding carboxylic acids is 1. The van der Waals surface area contributed by atoms with Crippen LogP contribution in [0.5, 0.6) is 0 Å². The Bertz CT molecular complexity index is 535. The number of halogens is 2. The largest absolute Gasteiger partial charge is 0.796 e. The third-order valence-electron chi connectivity index (χ3n) is 2.21. The number of aromatic amines is 2. The summed E-state index contributed by atoms with van der Waals surface area (Å²) in [6.07, 6.45) is 4.14. The van der Waals surface area contributed by atoms with Gasteiger partial charge in [0.25, 0.3) is 0 Å². The van der Waals surface area contributed by atoms with Crippen LogP contribution in [0, 0.1) is 0 Å². The highest BCUT2D eigenvalue weighted by Crippen LogP contribution is 2.16. The van der Waals surface area contributed by atoms with Crippen molar-refractivity contribution < 1.29 is 18.1 Å².